The van der Waals surface area contributed by atoms with E-state index in [1.807, 2.05) is 0 Å². The number of esters is 2. The van der Waals surface area contributed by atoms with Crippen molar-refractivity contribution in [3.8, 4) is 17.2 Å². The maximum absolute atomic E-state index is 12.8. The molecule has 1 N–H and O–H groups in total. The number of phenols is 1. The second-order valence-corrected chi connectivity index (χ2v) is 11.0. The molecule has 32 heavy (non-hydrogen) atoms. The van der Waals surface area contributed by atoms with Crippen LogP contribution in [0.2, 0.25) is 0 Å². The van der Waals surface area contributed by atoms with Gasteiger partial charge in [0.1, 0.15) is 32.9 Å². The molecule has 0 radical (unpaired) electrons. The second kappa shape index (κ2) is 10.2. The Hall–Kier alpha value is -1.50. The number of carbonyl (C=O) groups is 2. The Kier molecular flexibility index (Phi) is 8.00. The molecule has 0 unspecified atom stereocenters. The maximum Gasteiger partial charge on any atom is 0.348 e. The van der Waals surface area contributed by atoms with Crippen LogP contribution in [0, 0.1) is 10.7 Å². The summed E-state index contributed by atoms with van der Waals surface area (Å²) in [4.78, 5) is 25.0. The molecule has 0 bridgehead atoms. The molecular weight excluding hydrogens is 781 g/mol. The van der Waals surface area contributed by atoms with Crippen LogP contribution in [0.4, 0.5) is 0 Å². The van der Waals surface area contributed by atoms with E-state index in [0.29, 0.717) is 0 Å². The van der Waals surface area contributed by atoms with Crippen molar-refractivity contribution in [2.24, 2.45) is 0 Å². The van der Waals surface area contributed by atoms with Crippen LogP contribution in [0.25, 0.3) is 0 Å². The highest BCUT2D eigenvalue weighted by molar-refractivity contribution is 14.1. The van der Waals surface area contributed by atoms with Crippen LogP contribution in [-0.4, -0.2) is 30.0 Å². The first-order valence-electron chi connectivity index (χ1n) is 8.44. The molecular formula is C20H10I3O8S-. The highest BCUT2D eigenvalue weighted by Crippen LogP contribution is 2.31. The first-order valence-corrected chi connectivity index (χ1v) is 13.1. The average Bonchev–Trinajstić information content (AvgIpc) is 2.67. The second-order valence-electron chi connectivity index (χ2n) is 6.10. The molecule has 0 aliphatic carbocycles. The number of carbonyl (C=O) groups excluding carboxylic acids is 2. The van der Waals surface area contributed by atoms with Gasteiger partial charge in [-0.3, -0.25) is 0 Å². The Morgan fingerprint density at radius 1 is 0.844 bits per heavy atom. The molecule has 166 valence electrons. The van der Waals surface area contributed by atoms with Crippen molar-refractivity contribution in [1.29, 1.82) is 0 Å². The summed E-state index contributed by atoms with van der Waals surface area (Å²) in [6.07, 6.45) is 0. The summed E-state index contributed by atoms with van der Waals surface area (Å²) >= 11 is 5.37. The summed E-state index contributed by atoms with van der Waals surface area (Å²) in [6.45, 7) is 0. The number of rotatable bonds is 5. The zero-order valence-electron chi connectivity index (χ0n) is 15.5. The van der Waals surface area contributed by atoms with E-state index in [4.69, 9.17) is 9.47 Å². The van der Waals surface area contributed by atoms with Gasteiger partial charge in [0.05, 0.1) is 10.5 Å². The lowest BCUT2D eigenvalue weighted by Crippen LogP contribution is -2.18. The van der Waals surface area contributed by atoms with Crippen LogP contribution in [0.5, 0.6) is 17.2 Å². The van der Waals surface area contributed by atoms with Gasteiger partial charge in [0.15, 0.2) is 0 Å². The molecule has 0 fully saturated rings. The average molecular weight is 791 g/mol. The quantitative estimate of drug-likeness (QED) is 0.173. The van der Waals surface area contributed by atoms with Crippen molar-refractivity contribution in [2.75, 3.05) is 0 Å². The molecule has 0 aliphatic rings. The highest BCUT2D eigenvalue weighted by Gasteiger charge is 2.25. The first-order chi connectivity index (χ1) is 15.0. The van der Waals surface area contributed by atoms with Gasteiger partial charge in [-0.25, -0.2) is 18.0 Å². The lowest BCUT2D eigenvalue weighted by molar-refractivity contribution is 0.0689. The number of benzene rings is 3. The Bertz CT molecular complexity index is 1300. The molecule has 8 nitrogen and oxygen atoms in total. The molecule has 3 aromatic carbocycles. The van der Waals surface area contributed by atoms with E-state index >= 15 is 0 Å². The summed E-state index contributed by atoms with van der Waals surface area (Å²) in [6, 6.07) is 12.9. The Morgan fingerprint density at radius 3 is 1.97 bits per heavy atom. The summed E-state index contributed by atoms with van der Waals surface area (Å²) in [5, 5.41) is 10.2. The smallest absolute Gasteiger partial charge is 0.348 e. The van der Waals surface area contributed by atoms with E-state index in [9.17, 15) is 27.7 Å². The summed E-state index contributed by atoms with van der Waals surface area (Å²) < 4.78 is 45.8. The predicted octanol–water partition coefficient (Wildman–Crippen LogP) is 4.55. The first kappa shape index (κ1) is 25.1. The van der Waals surface area contributed by atoms with Crippen LogP contribution in [0.15, 0.2) is 59.5 Å². The molecule has 0 aromatic heterocycles. The number of aromatic hydroxyl groups is 1. The van der Waals surface area contributed by atoms with E-state index in [-0.39, 0.29) is 24.2 Å². The molecule has 0 amide bonds. The number of hydrogen-bond donors (Lipinski definition) is 1. The van der Waals surface area contributed by atoms with E-state index in [1.165, 1.54) is 30.3 Å². The van der Waals surface area contributed by atoms with Crippen LogP contribution in [-0.2, 0) is 10.1 Å². The van der Waals surface area contributed by atoms with Crippen molar-refractivity contribution in [1.82, 2.24) is 0 Å². The van der Waals surface area contributed by atoms with Crippen LogP contribution in [0.3, 0.4) is 0 Å². The molecule has 0 heterocycles. The molecule has 0 saturated heterocycles. The molecule has 0 saturated carbocycles. The molecule has 0 aliphatic heterocycles. The lowest BCUT2D eigenvalue weighted by atomic mass is 10.1. The third kappa shape index (κ3) is 5.89. The van der Waals surface area contributed by atoms with Crippen LogP contribution in [0.1, 0.15) is 20.7 Å². The van der Waals surface area contributed by atoms with Gasteiger partial charge >= 0.3 is 11.9 Å². The third-order valence-corrected chi connectivity index (χ3v) is 8.02. The number of hydrogen-bond acceptors (Lipinski definition) is 8. The molecule has 3 rings (SSSR count). The standard InChI is InChI=1S/C20H11I3O8S/c21-10-4-6-11(7-5-10)30-19(25)13-2-1-3-16(24)17(13)20(26)31-12-8-14(22)18(15(23)9-12)32(27,28)29/h1-9,24H,(H,27,28,29)/p-1. The number of ether oxygens (including phenoxy) is 2. The summed E-state index contributed by atoms with van der Waals surface area (Å²) in [5.74, 6) is -2.28. The fourth-order valence-electron chi connectivity index (χ4n) is 2.58. The SMILES string of the molecule is O=C(Oc1ccc(I)cc1)c1cccc(O)c1C(=O)Oc1cc(I)c(S(=O)(=O)[O-])c(I)c1. The topological polar surface area (TPSA) is 130 Å². The van der Waals surface area contributed by atoms with E-state index in [0.717, 1.165) is 3.57 Å². The van der Waals surface area contributed by atoms with Crippen LogP contribution >= 0.6 is 67.8 Å². The minimum Gasteiger partial charge on any atom is -0.744 e. The largest absolute Gasteiger partial charge is 0.744 e. The van der Waals surface area contributed by atoms with Crippen LogP contribution < -0.4 is 9.47 Å². The fourth-order valence-corrected chi connectivity index (χ4v) is 6.87. The Morgan fingerprint density at radius 2 is 1.41 bits per heavy atom. The monoisotopic (exact) mass is 791 g/mol. The summed E-state index contributed by atoms with van der Waals surface area (Å²) in [7, 11) is -4.73. The normalized spacial score (nSPS) is 11.1. The van der Waals surface area contributed by atoms with Gasteiger partial charge in [0.2, 0.25) is 0 Å². The molecule has 12 heteroatoms. The lowest BCUT2D eigenvalue weighted by Gasteiger charge is -2.14. The zero-order valence-corrected chi connectivity index (χ0v) is 22.8. The van der Waals surface area contributed by atoms with Gasteiger partial charge in [0, 0.05) is 10.7 Å². The minimum atomic E-state index is -4.73. The van der Waals surface area contributed by atoms with E-state index in [1.54, 1.807) is 69.4 Å². The van der Waals surface area contributed by atoms with Gasteiger partial charge in [-0.2, -0.15) is 0 Å². The molecule has 0 spiro atoms. The summed E-state index contributed by atoms with van der Waals surface area (Å²) in [5.41, 5.74) is -0.648. The van der Waals surface area contributed by atoms with Crippen molar-refractivity contribution in [3.63, 3.8) is 0 Å². The third-order valence-electron chi connectivity index (χ3n) is 3.92. The highest BCUT2D eigenvalue weighted by atomic mass is 127. The van der Waals surface area contributed by atoms with Gasteiger partial charge < -0.3 is 19.1 Å². The fraction of sp³-hybridized carbons (Fsp3) is 0. The molecule has 0 atom stereocenters. The number of phenolic OH excluding ortho intramolecular Hbond substituents is 1. The van der Waals surface area contributed by atoms with Crippen molar-refractivity contribution in [3.05, 3.63) is 76.4 Å². The molecule has 3 aromatic rings. The van der Waals surface area contributed by atoms with Gasteiger partial charge in [-0.05, 0) is 116 Å². The predicted molar refractivity (Wildman–Crippen MR) is 137 cm³/mol. The van der Waals surface area contributed by atoms with Crippen molar-refractivity contribution in [2.45, 2.75) is 4.90 Å². The zero-order chi connectivity index (χ0) is 23.6. The van der Waals surface area contributed by atoms with Gasteiger partial charge in [-0.15, -0.1) is 0 Å². The number of halogens is 3. The van der Waals surface area contributed by atoms with Crippen molar-refractivity contribution >= 4 is 89.8 Å². The maximum atomic E-state index is 12.8. The van der Waals surface area contributed by atoms with Gasteiger partial charge in [0.25, 0.3) is 0 Å². The Labute approximate surface area is 223 Å². The van der Waals surface area contributed by atoms with E-state index < -0.39 is 38.3 Å². The van der Waals surface area contributed by atoms with Gasteiger partial charge in [-0.1, -0.05) is 6.07 Å². The van der Waals surface area contributed by atoms with E-state index in [2.05, 4.69) is 22.6 Å². The Balaban J connectivity index is 1.92. The minimum absolute atomic E-state index is 0.0583. The van der Waals surface area contributed by atoms with Crippen molar-refractivity contribution < 1.29 is 37.1 Å².